The molecule has 1 aromatic carbocycles. The first-order valence-corrected chi connectivity index (χ1v) is 20.4. The molecule has 4 amide bonds. The zero-order valence-electron chi connectivity index (χ0n) is 31.8. The highest BCUT2D eigenvalue weighted by atomic mass is 32.2. The predicted octanol–water partition coefficient (Wildman–Crippen LogP) is 3.83. The van der Waals surface area contributed by atoms with Gasteiger partial charge in [-0.25, -0.2) is 23.2 Å². The molecule has 15 nitrogen and oxygen atoms in total. The van der Waals surface area contributed by atoms with E-state index in [1.165, 1.54) is 4.90 Å². The predicted molar refractivity (Wildman–Crippen MR) is 199 cm³/mol. The van der Waals surface area contributed by atoms with E-state index in [1.54, 1.807) is 46.1 Å². The quantitative estimate of drug-likeness (QED) is 0.314. The maximum atomic E-state index is 14.5. The van der Waals surface area contributed by atoms with Gasteiger partial charge in [-0.05, 0) is 77.3 Å². The van der Waals surface area contributed by atoms with Crippen LogP contribution in [0, 0.1) is 18.8 Å². The molecular formula is C38H52N6O9S. The van der Waals surface area contributed by atoms with Crippen LogP contribution in [-0.2, 0) is 29.1 Å². The van der Waals surface area contributed by atoms with Crippen LogP contribution in [0.5, 0.6) is 11.6 Å². The van der Waals surface area contributed by atoms with Crippen LogP contribution in [0.1, 0.15) is 91.2 Å². The summed E-state index contributed by atoms with van der Waals surface area (Å²) in [5.74, 6) is -1.50. The topological polar surface area (TPSA) is 195 Å². The number of aromatic nitrogens is 2. The summed E-state index contributed by atoms with van der Waals surface area (Å²) in [6.07, 6.45) is 6.24. The van der Waals surface area contributed by atoms with Gasteiger partial charge in [0.15, 0.2) is 0 Å². The third-order valence-corrected chi connectivity index (χ3v) is 13.4. The van der Waals surface area contributed by atoms with Crippen molar-refractivity contribution < 1.29 is 41.8 Å². The first-order valence-electron chi connectivity index (χ1n) is 18.9. The Balaban J connectivity index is 1.31. The van der Waals surface area contributed by atoms with Crippen LogP contribution in [0.2, 0.25) is 0 Å². The molecule has 6 atom stereocenters. The van der Waals surface area contributed by atoms with E-state index in [4.69, 9.17) is 14.2 Å². The number of fused-ring (bicyclic) bond motifs is 3. The highest BCUT2D eigenvalue weighted by Crippen LogP contribution is 2.47. The lowest BCUT2D eigenvalue weighted by Crippen LogP contribution is -2.58. The first kappa shape index (κ1) is 39.2. The lowest BCUT2D eigenvalue weighted by molar-refractivity contribution is -0.141. The van der Waals surface area contributed by atoms with Gasteiger partial charge in [-0.15, -0.1) is 0 Å². The molecule has 4 aliphatic rings. The van der Waals surface area contributed by atoms with Crippen LogP contribution in [0.3, 0.4) is 0 Å². The van der Waals surface area contributed by atoms with Crippen molar-refractivity contribution in [3.63, 3.8) is 0 Å². The Kier molecular flexibility index (Phi) is 11.1. The number of hydrogen-bond donors (Lipinski definition) is 3. The van der Waals surface area contributed by atoms with Gasteiger partial charge in [-0.1, -0.05) is 38.8 Å². The molecule has 1 saturated heterocycles. The lowest BCUT2D eigenvalue weighted by Gasteiger charge is -2.30. The van der Waals surface area contributed by atoms with Crippen molar-refractivity contribution in [2.24, 2.45) is 11.8 Å². The molecule has 2 saturated carbocycles. The molecule has 3 fully saturated rings. The second kappa shape index (κ2) is 15.3. The molecule has 2 aliphatic heterocycles. The van der Waals surface area contributed by atoms with Gasteiger partial charge >= 0.3 is 6.09 Å². The minimum atomic E-state index is -3.99. The molecule has 1 aromatic heterocycles. The molecule has 3 heterocycles. The normalized spacial score (nSPS) is 28.0. The van der Waals surface area contributed by atoms with E-state index in [2.05, 4.69) is 25.3 Å². The molecule has 6 rings (SSSR count). The lowest BCUT2D eigenvalue weighted by atomic mass is 10.0. The number of rotatable bonds is 9. The molecule has 54 heavy (non-hydrogen) atoms. The highest BCUT2D eigenvalue weighted by Gasteiger charge is 2.63. The molecule has 294 valence electrons. The number of nitrogens with one attached hydrogen (secondary N) is 3. The average molecular weight is 769 g/mol. The van der Waals surface area contributed by atoms with E-state index in [9.17, 15) is 27.6 Å². The van der Waals surface area contributed by atoms with Gasteiger partial charge in [-0.3, -0.25) is 19.1 Å². The number of allylic oxidation sites excluding steroid dienone is 1. The third-order valence-electron chi connectivity index (χ3n) is 11.3. The summed E-state index contributed by atoms with van der Waals surface area (Å²) >= 11 is 0. The summed E-state index contributed by atoms with van der Waals surface area (Å²) in [4.78, 5) is 66.5. The van der Waals surface area contributed by atoms with Crippen molar-refractivity contribution in [2.75, 3.05) is 13.7 Å². The standard InChI is InChI=1S/C38H52N6O9S/c1-22(2)24(4)52-36(48)41-29-13-11-9-7-8-10-12-25-20-38(25,35(47)43-54(49,50)37(5)16-17-37)42-32(45)31-19-27(21-44(31)34(29)46)53-33-23(3)39-28-15-14-26(51-6)18-30(28)40-33/h10,12,14-15,18,22,24-25,27,29,31H,7-9,11,13,16-17,19-21H2,1-6H3,(H,41,48)(H,42,45)(H,43,47)/b12-10+/t24-,25-,27-,29+,31+,38-/m1/s1. The second-order valence-corrected chi connectivity index (χ2v) is 17.9. The van der Waals surface area contributed by atoms with Crippen LogP contribution in [0.25, 0.3) is 11.0 Å². The van der Waals surface area contributed by atoms with Crippen molar-refractivity contribution in [1.29, 1.82) is 0 Å². The average Bonchev–Trinajstić information content (AvgIpc) is 4.00. The Bertz CT molecular complexity index is 1930. The molecule has 0 bridgehead atoms. The number of carbonyl (C=O) groups is 4. The summed E-state index contributed by atoms with van der Waals surface area (Å²) in [7, 11) is -2.44. The van der Waals surface area contributed by atoms with Gasteiger partial charge in [0.25, 0.3) is 5.91 Å². The van der Waals surface area contributed by atoms with E-state index < -0.39 is 74.3 Å². The van der Waals surface area contributed by atoms with E-state index in [0.29, 0.717) is 54.6 Å². The van der Waals surface area contributed by atoms with Crippen LogP contribution in [0.15, 0.2) is 30.4 Å². The molecule has 2 aliphatic carbocycles. The number of alkyl carbamates (subject to hydrolysis) is 1. The van der Waals surface area contributed by atoms with Crippen molar-refractivity contribution in [3.05, 3.63) is 36.0 Å². The van der Waals surface area contributed by atoms with Crippen LogP contribution >= 0.6 is 0 Å². The Morgan fingerprint density at radius 3 is 2.54 bits per heavy atom. The van der Waals surface area contributed by atoms with E-state index in [1.807, 2.05) is 26.0 Å². The van der Waals surface area contributed by atoms with Gasteiger partial charge in [-0.2, -0.15) is 0 Å². The maximum absolute atomic E-state index is 14.5. The van der Waals surface area contributed by atoms with Gasteiger partial charge in [0.1, 0.15) is 41.3 Å². The van der Waals surface area contributed by atoms with Crippen LogP contribution < -0.4 is 24.8 Å². The van der Waals surface area contributed by atoms with E-state index >= 15 is 0 Å². The summed E-state index contributed by atoms with van der Waals surface area (Å²) in [6, 6.07) is 3.17. The summed E-state index contributed by atoms with van der Waals surface area (Å²) in [5.41, 5.74) is 0.151. The largest absolute Gasteiger partial charge is 0.497 e. The van der Waals surface area contributed by atoms with Gasteiger partial charge < -0.3 is 29.7 Å². The van der Waals surface area contributed by atoms with Crippen molar-refractivity contribution in [3.8, 4) is 11.6 Å². The third kappa shape index (κ3) is 8.27. The number of ether oxygens (including phenoxy) is 3. The minimum absolute atomic E-state index is 0.0287. The zero-order valence-corrected chi connectivity index (χ0v) is 32.7. The van der Waals surface area contributed by atoms with Crippen LogP contribution in [-0.4, -0.2) is 95.3 Å². The highest BCUT2D eigenvalue weighted by molar-refractivity contribution is 7.91. The number of hydrogen-bond acceptors (Lipinski definition) is 11. The smallest absolute Gasteiger partial charge is 0.408 e. The molecule has 16 heteroatoms. The number of aryl methyl sites for hydroxylation is 1. The minimum Gasteiger partial charge on any atom is -0.497 e. The maximum Gasteiger partial charge on any atom is 0.408 e. The molecule has 3 N–H and O–H groups in total. The summed E-state index contributed by atoms with van der Waals surface area (Å²) < 4.78 is 44.8. The number of sulfonamides is 1. The Morgan fingerprint density at radius 1 is 1.07 bits per heavy atom. The monoisotopic (exact) mass is 768 g/mol. The van der Waals surface area contributed by atoms with E-state index in [-0.39, 0.29) is 31.2 Å². The number of benzene rings is 1. The van der Waals surface area contributed by atoms with E-state index in [0.717, 1.165) is 12.8 Å². The molecule has 0 spiro atoms. The van der Waals surface area contributed by atoms with Gasteiger partial charge in [0, 0.05) is 18.4 Å². The van der Waals surface area contributed by atoms with Gasteiger partial charge in [0.05, 0.1) is 29.4 Å². The first-order chi connectivity index (χ1) is 25.6. The number of amides is 4. The summed E-state index contributed by atoms with van der Waals surface area (Å²) in [5, 5.41) is 5.64. The summed E-state index contributed by atoms with van der Waals surface area (Å²) in [6.45, 7) is 8.93. The molecule has 2 aromatic rings. The molecule has 0 radical (unpaired) electrons. The van der Waals surface area contributed by atoms with Crippen LogP contribution in [0.4, 0.5) is 4.79 Å². The van der Waals surface area contributed by atoms with Gasteiger partial charge in [0.2, 0.25) is 27.7 Å². The number of nitrogens with zero attached hydrogens (tertiary/aromatic N) is 3. The fourth-order valence-electron chi connectivity index (χ4n) is 6.93. The Hall–Kier alpha value is -4.47. The van der Waals surface area contributed by atoms with Crippen molar-refractivity contribution >= 4 is 44.9 Å². The fraction of sp³-hybridized carbons (Fsp3) is 0.632. The molecular weight excluding hydrogens is 717 g/mol. The number of carbonyl (C=O) groups excluding carboxylic acids is 4. The Morgan fingerprint density at radius 2 is 1.83 bits per heavy atom. The zero-order chi connectivity index (χ0) is 39.0. The molecule has 0 unspecified atom stereocenters. The fourth-order valence-corrected chi connectivity index (χ4v) is 8.24. The number of methoxy groups -OCH3 is 1. The second-order valence-electron chi connectivity index (χ2n) is 15.7. The van der Waals surface area contributed by atoms with Crippen molar-refractivity contribution in [2.45, 2.75) is 127 Å². The SMILES string of the molecule is COc1ccc2nc(C)c(O[C@@H]3C[C@H]4C(=O)N[C@]5(C(=O)NS(=O)(=O)C6(C)CC6)C[C@H]5/C=C/CCCCC[C@H](NC(=O)O[C@H](C)C(C)C)C(=O)N4C3)nc2c1. The van der Waals surface area contributed by atoms with Crippen molar-refractivity contribution in [1.82, 2.24) is 30.2 Å². The Labute approximate surface area is 316 Å².